The number of carbonyl (C=O) groups is 3. The fourth-order valence-corrected chi connectivity index (χ4v) is 6.33. The van der Waals surface area contributed by atoms with Crippen molar-refractivity contribution >= 4 is 35.4 Å². The average molecular weight is 643 g/mol. The molecule has 11 nitrogen and oxygen atoms in total. The van der Waals surface area contributed by atoms with Crippen LogP contribution in [-0.2, 0) is 44.1 Å². The number of amides is 3. The van der Waals surface area contributed by atoms with Crippen molar-refractivity contribution in [2.24, 2.45) is 7.05 Å². The number of imidazole rings is 1. The van der Waals surface area contributed by atoms with Crippen LogP contribution in [-0.4, -0.2) is 50.5 Å². The van der Waals surface area contributed by atoms with E-state index in [2.05, 4.69) is 10.3 Å². The number of hydrogen-bond acceptors (Lipinski definition) is 9. The number of rotatable bonds is 10. The Morgan fingerprint density at radius 2 is 1.74 bits per heavy atom. The van der Waals surface area contributed by atoms with Crippen molar-refractivity contribution in [3.05, 3.63) is 114 Å². The van der Waals surface area contributed by atoms with E-state index in [1.54, 1.807) is 42.2 Å². The molecule has 3 amide bonds. The summed E-state index contributed by atoms with van der Waals surface area (Å²) < 4.78 is 20.0. The lowest BCUT2D eigenvalue weighted by Gasteiger charge is -2.36. The number of anilines is 1. The Morgan fingerprint density at radius 1 is 1.00 bits per heavy atom. The van der Waals surface area contributed by atoms with Gasteiger partial charge in [0.2, 0.25) is 5.91 Å². The monoisotopic (exact) mass is 642 g/mol. The molecule has 0 bridgehead atoms. The quantitative estimate of drug-likeness (QED) is 0.185. The number of alkyl carbamates (subject to hydrolysis) is 1. The Morgan fingerprint density at radius 3 is 2.43 bits per heavy atom. The van der Waals surface area contributed by atoms with Gasteiger partial charge in [0.05, 0.1) is 30.9 Å². The molecular weight excluding hydrogens is 608 g/mol. The number of aliphatic hydroxyl groups excluding tert-OH is 1. The standard InChI is InChI=1S/C34H34N4O7S/c1-37-16-15-35-33(37)46-21-27-17-29(24-9-7-22(19-39)8-10-24)45-32(44-27)25-11-13-26(14-12-25)38-30(40)18-28(31(38)41)36-34(42)43-20-23-5-3-2-4-6-23/h2-16,27-29,32,39H,17-21H2,1H3,(H,36,42)/t27-,28?,29+,32+/m0/s1. The van der Waals surface area contributed by atoms with Gasteiger partial charge in [-0.1, -0.05) is 78.5 Å². The average Bonchev–Trinajstić information content (AvgIpc) is 3.63. The minimum absolute atomic E-state index is 0.0377. The van der Waals surface area contributed by atoms with Crippen molar-refractivity contribution in [2.45, 2.75) is 55.8 Å². The van der Waals surface area contributed by atoms with Crippen LogP contribution in [0.15, 0.2) is 96.4 Å². The number of nitrogens with zero attached hydrogens (tertiary/aromatic N) is 3. The number of hydrogen-bond donors (Lipinski definition) is 2. The second kappa shape index (κ2) is 14.3. The zero-order valence-corrected chi connectivity index (χ0v) is 26.0. The maximum atomic E-state index is 13.2. The normalized spacial score (nSPS) is 21.4. The fourth-order valence-electron chi connectivity index (χ4n) is 5.38. The Labute approximate surface area is 270 Å². The van der Waals surface area contributed by atoms with Crippen LogP contribution in [0.4, 0.5) is 10.5 Å². The molecule has 4 aromatic rings. The van der Waals surface area contributed by atoms with E-state index in [9.17, 15) is 19.5 Å². The first-order chi connectivity index (χ1) is 22.4. The van der Waals surface area contributed by atoms with E-state index in [1.807, 2.05) is 72.4 Å². The largest absolute Gasteiger partial charge is 0.445 e. The van der Waals surface area contributed by atoms with Crippen molar-refractivity contribution in [3.8, 4) is 0 Å². The first kappa shape index (κ1) is 31.5. The van der Waals surface area contributed by atoms with Crippen molar-refractivity contribution in [2.75, 3.05) is 10.7 Å². The van der Waals surface area contributed by atoms with Gasteiger partial charge in [0.1, 0.15) is 12.6 Å². The Hall–Kier alpha value is -4.49. The molecule has 1 aromatic heterocycles. The van der Waals surface area contributed by atoms with Crippen molar-refractivity contribution in [1.82, 2.24) is 14.9 Å². The number of thioether (sulfide) groups is 1. The maximum absolute atomic E-state index is 13.2. The molecule has 2 N–H and O–H groups in total. The fraction of sp³-hybridized carbons (Fsp3) is 0.294. The van der Waals surface area contributed by atoms with Crippen LogP contribution in [0.5, 0.6) is 0 Å². The van der Waals surface area contributed by atoms with Gasteiger partial charge < -0.3 is 29.2 Å². The zero-order chi connectivity index (χ0) is 32.0. The highest BCUT2D eigenvalue weighted by Gasteiger charge is 2.41. The molecule has 2 saturated heterocycles. The third-order valence-electron chi connectivity index (χ3n) is 7.87. The van der Waals surface area contributed by atoms with E-state index in [4.69, 9.17) is 14.2 Å². The van der Waals surface area contributed by atoms with Gasteiger partial charge in [0.15, 0.2) is 11.4 Å². The van der Waals surface area contributed by atoms with Crippen LogP contribution in [0.1, 0.15) is 47.5 Å². The van der Waals surface area contributed by atoms with Gasteiger partial charge in [-0.2, -0.15) is 0 Å². The summed E-state index contributed by atoms with van der Waals surface area (Å²) in [5, 5.41) is 12.9. The molecule has 3 heterocycles. The second-order valence-corrected chi connectivity index (χ2v) is 12.1. The van der Waals surface area contributed by atoms with Crippen LogP contribution in [0, 0.1) is 0 Å². The number of nitrogens with one attached hydrogen (secondary N) is 1. The Balaban J connectivity index is 1.12. The predicted molar refractivity (Wildman–Crippen MR) is 169 cm³/mol. The highest BCUT2D eigenvalue weighted by atomic mass is 32.2. The summed E-state index contributed by atoms with van der Waals surface area (Å²) in [5.41, 5.74) is 3.71. The van der Waals surface area contributed by atoms with Crippen LogP contribution < -0.4 is 10.2 Å². The molecule has 2 fully saturated rings. The highest BCUT2D eigenvalue weighted by molar-refractivity contribution is 7.99. The minimum Gasteiger partial charge on any atom is -0.445 e. The summed E-state index contributed by atoms with van der Waals surface area (Å²) in [6.07, 6.45) is 2.24. The van der Waals surface area contributed by atoms with Crippen molar-refractivity contribution in [1.29, 1.82) is 0 Å². The summed E-state index contributed by atoms with van der Waals surface area (Å²) >= 11 is 1.60. The van der Waals surface area contributed by atoms with E-state index >= 15 is 0 Å². The summed E-state index contributed by atoms with van der Waals surface area (Å²) in [7, 11) is 1.95. The third kappa shape index (κ3) is 7.31. The zero-order valence-electron chi connectivity index (χ0n) is 25.2. The molecule has 238 valence electrons. The van der Waals surface area contributed by atoms with Gasteiger partial charge in [-0.25, -0.2) is 14.7 Å². The van der Waals surface area contributed by atoms with Gasteiger partial charge in [-0.3, -0.25) is 9.59 Å². The van der Waals surface area contributed by atoms with Gasteiger partial charge in [0.25, 0.3) is 5.91 Å². The van der Waals surface area contributed by atoms with E-state index in [-0.39, 0.29) is 31.8 Å². The number of aryl methyl sites for hydroxylation is 1. The van der Waals surface area contributed by atoms with E-state index < -0.39 is 30.2 Å². The highest BCUT2D eigenvalue weighted by Crippen LogP contribution is 2.40. The van der Waals surface area contributed by atoms with Crippen LogP contribution in [0.25, 0.3) is 0 Å². The molecule has 6 rings (SSSR count). The second-order valence-electron chi connectivity index (χ2n) is 11.1. The lowest BCUT2D eigenvalue weighted by Crippen LogP contribution is -2.42. The minimum atomic E-state index is -1.02. The first-order valence-corrected chi connectivity index (χ1v) is 15.9. The molecule has 0 saturated carbocycles. The van der Waals surface area contributed by atoms with Gasteiger partial charge in [-0.05, 0) is 28.8 Å². The van der Waals surface area contributed by atoms with Crippen molar-refractivity contribution < 1.29 is 33.7 Å². The molecule has 0 spiro atoms. The summed E-state index contributed by atoms with van der Waals surface area (Å²) in [5.74, 6) is -0.293. The summed E-state index contributed by atoms with van der Waals surface area (Å²) in [4.78, 5) is 43.8. The number of aliphatic hydroxyl groups is 1. The molecular formula is C34H34N4O7S. The van der Waals surface area contributed by atoms with E-state index in [1.165, 1.54) is 0 Å². The van der Waals surface area contributed by atoms with Crippen LogP contribution >= 0.6 is 11.8 Å². The number of ether oxygens (including phenoxy) is 3. The van der Waals surface area contributed by atoms with Gasteiger partial charge in [-0.15, -0.1) is 0 Å². The number of carbonyl (C=O) groups excluding carboxylic acids is 3. The lowest BCUT2D eigenvalue weighted by atomic mass is 10.0. The molecule has 4 atom stereocenters. The van der Waals surface area contributed by atoms with Crippen LogP contribution in [0.3, 0.4) is 0 Å². The molecule has 1 unspecified atom stereocenters. The topological polar surface area (TPSA) is 132 Å². The maximum Gasteiger partial charge on any atom is 0.408 e. The van der Waals surface area contributed by atoms with Gasteiger partial charge >= 0.3 is 6.09 Å². The molecule has 3 aromatic carbocycles. The molecule has 0 radical (unpaired) electrons. The van der Waals surface area contributed by atoms with E-state index in [0.29, 0.717) is 17.9 Å². The summed E-state index contributed by atoms with van der Waals surface area (Å²) in [6.45, 7) is 0.0133. The molecule has 2 aliphatic heterocycles. The van der Waals surface area contributed by atoms with Crippen LogP contribution in [0.2, 0.25) is 0 Å². The molecule has 0 aliphatic carbocycles. The molecule has 2 aliphatic rings. The Bertz CT molecular complexity index is 1660. The molecule has 46 heavy (non-hydrogen) atoms. The number of aromatic nitrogens is 2. The van der Waals surface area contributed by atoms with E-state index in [0.717, 1.165) is 32.3 Å². The van der Waals surface area contributed by atoms with Crippen molar-refractivity contribution in [3.63, 3.8) is 0 Å². The Kier molecular flexibility index (Phi) is 9.79. The SMILES string of the molecule is Cn1ccnc1SC[C@@H]1C[C@H](c2ccc(CO)cc2)O[C@H](c2ccc(N3C(=O)CC(NC(=O)OCc4ccccc4)C3=O)cc2)O1. The van der Waals surface area contributed by atoms with Gasteiger partial charge in [0, 0.05) is 37.2 Å². The number of imide groups is 1. The number of benzene rings is 3. The smallest absolute Gasteiger partial charge is 0.408 e. The third-order valence-corrected chi connectivity index (χ3v) is 9.06. The lowest BCUT2D eigenvalue weighted by molar-refractivity contribution is -0.245. The summed E-state index contributed by atoms with van der Waals surface area (Å²) in [6, 6.07) is 22.7. The molecule has 12 heteroatoms. The predicted octanol–water partition coefficient (Wildman–Crippen LogP) is 4.81. The first-order valence-electron chi connectivity index (χ1n) is 14.9.